The summed E-state index contributed by atoms with van der Waals surface area (Å²) in [7, 11) is -6.80. The van der Waals surface area contributed by atoms with E-state index in [1.54, 1.807) is 30.3 Å². The Hall–Kier alpha value is -0.690. The highest BCUT2D eigenvalue weighted by Gasteiger charge is 2.56. The molecule has 1 aromatic rings. The molecule has 0 amide bonds. The SMILES string of the molecule is C[S+](Cc1ccccc1)S(=O)(=O)C(F)(F)F. The molecule has 0 spiro atoms. The first-order valence-corrected chi connectivity index (χ1v) is 8.03. The van der Waals surface area contributed by atoms with Crippen molar-refractivity contribution < 1.29 is 21.6 Å². The zero-order valence-electron chi connectivity index (χ0n) is 8.36. The molecule has 7 heteroatoms. The minimum Gasteiger partial charge on any atom is -0.168 e. The topological polar surface area (TPSA) is 34.1 Å². The Bertz CT molecular complexity index is 440. The van der Waals surface area contributed by atoms with E-state index in [0.29, 0.717) is 5.56 Å². The van der Waals surface area contributed by atoms with E-state index in [0.717, 1.165) is 6.26 Å². The van der Waals surface area contributed by atoms with Gasteiger partial charge in [0.1, 0.15) is 21.9 Å². The molecule has 0 radical (unpaired) electrons. The van der Waals surface area contributed by atoms with Crippen molar-refractivity contribution in [1.82, 2.24) is 0 Å². The van der Waals surface area contributed by atoms with Crippen molar-refractivity contribution in [1.29, 1.82) is 0 Å². The maximum Gasteiger partial charge on any atom is 0.543 e. The number of hydrogen-bond acceptors (Lipinski definition) is 2. The Morgan fingerprint density at radius 2 is 1.69 bits per heavy atom. The Labute approximate surface area is 94.1 Å². The Balaban J connectivity index is 2.86. The van der Waals surface area contributed by atoms with E-state index in [1.807, 2.05) is 0 Å². The molecule has 0 N–H and O–H groups in total. The predicted octanol–water partition coefficient (Wildman–Crippen LogP) is 2.28. The van der Waals surface area contributed by atoms with Gasteiger partial charge >= 0.3 is 14.4 Å². The van der Waals surface area contributed by atoms with Gasteiger partial charge in [0, 0.05) is 5.56 Å². The van der Waals surface area contributed by atoms with Crippen molar-refractivity contribution in [2.45, 2.75) is 11.3 Å². The van der Waals surface area contributed by atoms with Crippen molar-refractivity contribution in [3.8, 4) is 0 Å². The molecule has 0 fully saturated rings. The van der Waals surface area contributed by atoms with E-state index in [9.17, 15) is 21.6 Å². The molecule has 1 rings (SSSR count). The highest BCUT2D eigenvalue weighted by Crippen LogP contribution is 2.30. The highest BCUT2D eigenvalue weighted by atomic mass is 33.2. The lowest BCUT2D eigenvalue weighted by atomic mass is 10.2. The number of rotatable bonds is 3. The molecule has 0 aliphatic heterocycles. The van der Waals surface area contributed by atoms with Gasteiger partial charge in [0.25, 0.3) is 0 Å². The van der Waals surface area contributed by atoms with Crippen molar-refractivity contribution in [2.24, 2.45) is 0 Å². The summed E-state index contributed by atoms with van der Waals surface area (Å²) in [5.74, 6) is -0.108. The largest absolute Gasteiger partial charge is 0.543 e. The first kappa shape index (κ1) is 13.4. The van der Waals surface area contributed by atoms with Crippen molar-refractivity contribution in [2.75, 3.05) is 6.26 Å². The lowest BCUT2D eigenvalue weighted by Crippen LogP contribution is -2.31. The van der Waals surface area contributed by atoms with Crippen LogP contribution in [0.15, 0.2) is 30.3 Å². The minimum atomic E-state index is -5.17. The van der Waals surface area contributed by atoms with Gasteiger partial charge in [0.15, 0.2) is 0 Å². The van der Waals surface area contributed by atoms with Gasteiger partial charge in [-0.05, 0) is 0 Å². The molecule has 0 saturated carbocycles. The standard InChI is InChI=1S/C9H10F3O2S2/c1-15(16(13,14)9(10,11)12)7-8-5-3-2-4-6-8/h2-6H,7H2,1H3/q+1. The lowest BCUT2D eigenvalue weighted by Gasteiger charge is -2.07. The van der Waals surface area contributed by atoms with E-state index in [-0.39, 0.29) is 5.75 Å². The third-order valence-corrected chi connectivity index (χ3v) is 7.09. The Kier molecular flexibility index (Phi) is 3.90. The van der Waals surface area contributed by atoms with Crippen molar-refractivity contribution in [3.63, 3.8) is 0 Å². The van der Waals surface area contributed by atoms with Crippen LogP contribution in [0.1, 0.15) is 5.56 Å². The summed E-state index contributed by atoms with van der Waals surface area (Å²) < 4.78 is 58.7. The third-order valence-electron chi connectivity index (χ3n) is 1.87. The van der Waals surface area contributed by atoms with Gasteiger partial charge in [-0.15, -0.1) is 0 Å². The summed E-state index contributed by atoms with van der Waals surface area (Å²) in [5, 5.41) is 0. The van der Waals surface area contributed by atoms with E-state index in [4.69, 9.17) is 0 Å². The zero-order chi connectivity index (χ0) is 12.4. The van der Waals surface area contributed by atoms with Crippen LogP contribution in [0, 0.1) is 0 Å². The fourth-order valence-corrected chi connectivity index (χ4v) is 4.03. The third kappa shape index (κ3) is 2.91. The summed E-state index contributed by atoms with van der Waals surface area (Å²) in [5.41, 5.74) is -4.58. The average molecular weight is 271 g/mol. The van der Waals surface area contributed by atoms with Crippen LogP contribution in [0.5, 0.6) is 0 Å². The molecular formula is C9H10F3O2S2+. The van der Waals surface area contributed by atoms with Crippen LogP contribution in [0.4, 0.5) is 13.2 Å². The van der Waals surface area contributed by atoms with Gasteiger partial charge in [0.05, 0.1) is 0 Å². The molecule has 1 atom stereocenters. The van der Waals surface area contributed by atoms with Crippen LogP contribution in [-0.4, -0.2) is 20.2 Å². The molecule has 1 unspecified atom stereocenters. The molecule has 0 aliphatic carbocycles. The average Bonchev–Trinajstić information content (AvgIpc) is 2.17. The quantitative estimate of drug-likeness (QED) is 0.624. The predicted molar refractivity (Wildman–Crippen MR) is 58.4 cm³/mol. The Morgan fingerprint density at radius 1 is 1.19 bits per heavy atom. The number of hydrogen-bond donors (Lipinski definition) is 0. The second-order valence-corrected chi connectivity index (χ2v) is 8.93. The second kappa shape index (κ2) is 4.67. The van der Waals surface area contributed by atoms with E-state index >= 15 is 0 Å². The summed E-state index contributed by atoms with van der Waals surface area (Å²) in [6.07, 6.45) is 1.09. The van der Waals surface area contributed by atoms with Gasteiger partial charge in [-0.2, -0.15) is 21.6 Å². The molecule has 2 nitrogen and oxygen atoms in total. The molecule has 1 aromatic carbocycles. The van der Waals surface area contributed by atoms with Crippen LogP contribution in [0.3, 0.4) is 0 Å². The molecule has 0 heterocycles. The van der Waals surface area contributed by atoms with E-state index in [2.05, 4.69) is 0 Å². The molecular weight excluding hydrogens is 261 g/mol. The van der Waals surface area contributed by atoms with Crippen LogP contribution in [-0.2, 0) is 24.5 Å². The summed E-state index contributed by atoms with van der Waals surface area (Å²) >= 11 is 0. The summed E-state index contributed by atoms with van der Waals surface area (Å²) in [4.78, 5) is 0. The van der Waals surface area contributed by atoms with Crippen LogP contribution < -0.4 is 0 Å². The summed E-state index contributed by atoms with van der Waals surface area (Å²) in [6, 6.07) is 8.25. The van der Waals surface area contributed by atoms with Crippen molar-refractivity contribution >= 4 is 18.8 Å². The van der Waals surface area contributed by atoms with Crippen molar-refractivity contribution in [3.05, 3.63) is 35.9 Å². The number of alkyl halides is 3. The maximum atomic E-state index is 12.2. The van der Waals surface area contributed by atoms with Gasteiger partial charge in [-0.25, -0.2) is 0 Å². The smallest absolute Gasteiger partial charge is 0.168 e. The fourth-order valence-electron chi connectivity index (χ4n) is 1.05. The Morgan fingerprint density at radius 3 is 2.12 bits per heavy atom. The molecule has 0 aliphatic rings. The molecule has 0 bridgehead atoms. The number of halogens is 3. The van der Waals surface area contributed by atoms with Gasteiger partial charge in [-0.1, -0.05) is 30.3 Å². The fraction of sp³-hybridized carbons (Fsp3) is 0.333. The van der Waals surface area contributed by atoms with Gasteiger partial charge in [0.2, 0.25) is 0 Å². The monoisotopic (exact) mass is 271 g/mol. The first-order chi connectivity index (χ1) is 7.25. The van der Waals surface area contributed by atoms with Gasteiger partial charge in [-0.3, -0.25) is 0 Å². The second-order valence-electron chi connectivity index (χ2n) is 3.10. The normalized spacial score (nSPS) is 14.8. The lowest BCUT2D eigenvalue weighted by molar-refractivity contribution is -0.0411. The molecule has 16 heavy (non-hydrogen) atoms. The molecule has 0 saturated heterocycles. The van der Waals surface area contributed by atoms with E-state index < -0.39 is 24.3 Å². The highest BCUT2D eigenvalue weighted by molar-refractivity contribution is 8.69. The molecule has 90 valence electrons. The molecule has 0 aromatic heterocycles. The zero-order valence-corrected chi connectivity index (χ0v) is 9.99. The van der Waals surface area contributed by atoms with E-state index in [1.165, 1.54) is 0 Å². The minimum absolute atomic E-state index is 0.108. The van der Waals surface area contributed by atoms with Crippen LogP contribution in [0.25, 0.3) is 0 Å². The maximum absolute atomic E-state index is 12.2. The number of benzene rings is 1. The first-order valence-electron chi connectivity index (χ1n) is 4.23. The van der Waals surface area contributed by atoms with Crippen LogP contribution >= 0.6 is 0 Å². The van der Waals surface area contributed by atoms with Gasteiger partial charge < -0.3 is 0 Å². The van der Waals surface area contributed by atoms with Crippen LogP contribution in [0.2, 0.25) is 0 Å². The summed E-state index contributed by atoms with van der Waals surface area (Å²) in [6.45, 7) is 0.